The molecule has 0 radical (unpaired) electrons. The van der Waals surface area contributed by atoms with Gasteiger partial charge >= 0.3 is 12.3 Å². The van der Waals surface area contributed by atoms with Crippen molar-refractivity contribution < 1.29 is 28.5 Å². The van der Waals surface area contributed by atoms with Crippen molar-refractivity contribution in [2.24, 2.45) is 11.8 Å². The lowest BCUT2D eigenvalue weighted by atomic mass is 9.95. The minimum Gasteiger partial charge on any atom is -0.434 e. The van der Waals surface area contributed by atoms with E-state index in [9.17, 15) is 9.59 Å². The Labute approximate surface area is 183 Å². The molecule has 0 aromatic carbocycles. The van der Waals surface area contributed by atoms with Crippen molar-refractivity contribution in [1.82, 2.24) is 0 Å². The third kappa shape index (κ3) is 11.7. The largest absolute Gasteiger partial charge is 0.508 e. The maximum atomic E-state index is 12.1. The lowest BCUT2D eigenvalue weighted by molar-refractivity contribution is -0.0395. The third-order valence-corrected chi connectivity index (χ3v) is 6.06. The second-order valence-corrected chi connectivity index (χ2v) is 8.60. The standard InChI is InChI=1S/C24H44O6/c1-5-9-12-19(7-3)17-27-23(25)29-21-14-11-15-22(16-21)30-24(26)28-18-20(8-4)13-10-6-2/h19-22H,5-18H2,1-4H3. The van der Waals surface area contributed by atoms with E-state index in [0.717, 1.165) is 70.6 Å². The molecule has 1 rings (SSSR count). The molecule has 0 amide bonds. The lowest BCUT2D eigenvalue weighted by Crippen LogP contribution is -2.32. The van der Waals surface area contributed by atoms with E-state index in [1.54, 1.807) is 0 Å². The van der Waals surface area contributed by atoms with Crippen molar-refractivity contribution in [2.75, 3.05) is 13.2 Å². The monoisotopic (exact) mass is 428 g/mol. The second-order valence-electron chi connectivity index (χ2n) is 8.60. The van der Waals surface area contributed by atoms with E-state index in [4.69, 9.17) is 18.9 Å². The molecule has 0 N–H and O–H groups in total. The normalized spacial score (nSPS) is 20.8. The van der Waals surface area contributed by atoms with Gasteiger partial charge in [0.25, 0.3) is 0 Å². The number of unbranched alkanes of at least 4 members (excludes halogenated alkanes) is 2. The SMILES string of the molecule is CCCCC(CC)COC(=O)OC1CCCC(OC(=O)OCC(CC)CCCC)C1. The summed E-state index contributed by atoms with van der Waals surface area (Å²) in [5, 5.41) is 0. The Bertz CT molecular complexity index is 427. The molecule has 0 aliphatic heterocycles. The second kappa shape index (κ2) is 16.3. The van der Waals surface area contributed by atoms with Gasteiger partial charge < -0.3 is 18.9 Å². The fourth-order valence-corrected chi connectivity index (χ4v) is 3.82. The highest BCUT2D eigenvalue weighted by atomic mass is 16.7. The highest BCUT2D eigenvalue weighted by molar-refractivity contribution is 5.60. The fraction of sp³-hybridized carbons (Fsp3) is 0.917. The molecule has 4 atom stereocenters. The Balaban J connectivity index is 2.30. The number of rotatable bonds is 14. The summed E-state index contributed by atoms with van der Waals surface area (Å²) in [6.45, 7) is 9.37. The average Bonchev–Trinajstić information content (AvgIpc) is 2.74. The molecular weight excluding hydrogens is 384 g/mol. The molecule has 0 aromatic rings. The number of carbonyl (C=O) groups is 2. The Kier molecular flexibility index (Phi) is 14.4. The topological polar surface area (TPSA) is 71.1 Å². The van der Waals surface area contributed by atoms with Crippen LogP contribution in [-0.2, 0) is 18.9 Å². The maximum Gasteiger partial charge on any atom is 0.508 e. The molecule has 1 aliphatic carbocycles. The third-order valence-electron chi connectivity index (χ3n) is 6.06. The molecule has 1 saturated carbocycles. The molecule has 6 heteroatoms. The van der Waals surface area contributed by atoms with Crippen LogP contribution in [0.25, 0.3) is 0 Å². The molecule has 1 fully saturated rings. The number of ether oxygens (including phenoxy) is 4. The van der Waals surface area contributed by atoms with Crippen molar-refractivity contribution in [3.63, 3.8) is 0 Å². The molecule has 0 saturated heterocycles. The molecule has 4 unspecified atom stereocenters. The van der Waals surface area contributed by atoms with Gasteiger partial charge in [-0.2, -0.15) is 0 Å². The minimum atomic E-state index is -0.611. The highest BCUT2D eigenvalue weighted by Gasteiger charge is 2.28. The Morgan fingerprint density at radius 3 is 1.57 bits per heavy atom. The smallest absolute Gasteiger partial charge is 0.434 e. The summed E-state index contributed by atoms with van der Waals surface area (Å²) in [6.07, 6.45) is 9.82. The summed E-state index contributed by atoms with van der Waals surface area (Å²) in [6, 6.07) is 0. The van der Waals surface area contributed by atoms with Gasteiger partial charge in [0.2, 0.25) is 0 Å². The summed E-state index contributed by atoms with van der Waals surface area (Å²) in [5.74, 6) is 0.776. The van der Waals surface area contributed by atoms with Gasteiger partial charge in [0, 0.05) is 6.42 Å². The average molecular weight is 429 g/mol. The molecule has 1 aliphatic rings. The van der Waals surface area contributed by atoms with E-state index in [2.05, 4.69) is 27.7 Å². The molecular formula is C24H44O6. The molecule has 0 spiro atoms. The predicted octanol–water partition coefficient (Wildman–Crippen LogP) is 7.04. The van der Waals surface area contributed by atoms with E-state index in [-0.39, 0.29) is 12.2 Å². The van der Waals surface area contributed by atoms with Gasteiger partial charge in [0.1, 0.15) is 12.2 Å². The van der Waals surface area contributed by atoms with Crippen LogP contribution < -0.4 is 0 Å². The first kappa shape index (κ1) is 26.6. The van der Waals surface area contributed by atoms with E-state index < -0.39 is 12.3 Å². The minimum absolute atomic E-state index is 0.271. The van der Waals surface area contributed by atoms with Gasteiger partial charge in [-0.1, -0.05) is 66.2 Å². The van der Waals surface area contributed by atoms with Crippen LogP contribution in [-0.4, -0.2) is 37.7 Å². The first-order valence-electron chi connectivity index (χ1n) is 12.2. The van der Waals surface area contributed by atoms with Crippen LogP contribution in [0.4, 0.5) is 9.59 Å². The Hall–Kier alpha value is -1.46. The number of carbonyl (C=O) groups excluding carboxylic acids is 2. The van der Waals surface area contributed by atoms with Crippen molar-refractivity contribution in [3.8, 4) is 0 Å². The number of hydrogen-bond acceptors (Lipinski definition) is 6. The zero-order valence-electron chi connectivity index (χ0n) is 19.7. The van der Waals surface area contributed by atoms with Gasteiger partial charge in [0.15, 0.2) is 0 Å². The zero-order chi connectivity index (χ0) is 22.2. The van der Waals surface area contributed by atoms with E-state index >= 15 is 0 Å². The van der Waals surface area contributed by atoms with E-state index in [0.29, 0.717) is 31.5 Å². The predicted molar refractivity (Wildman–Crippen MR) is 118 cm³/mol. The molecule has 0 bridgehead atoms. The molecule has 30 heavy (non-hydrogen) atoms. The summed E-state index contributed by atoms with van der Waals surface area (Å²) >= 11 is 0. The van der Waals surface area contributed by atoms with Gasteiger partial charge in [-0.3, -0.25) is 0 Å². The van der Waals surface area contributed by atoms with Crippen LogP contribution in [0, 0.1) is 11.8 Å². The lowest BCUT2D eigenvalue weighted by Gasteiger charge is -2.28. The Morgan fingerprint density at radius 2 is 1.20 bits per heavy atom. The van der Waals surface area contributed by atoms with Gasteiger partial charge in [-0.15, -0.1) is 0 Å². The molecule has 176 valence electrons. The first-order valence-corrected chi connectivity index (χ1v) is 12.2. The summed E-state index contributed by atoms with van der Waals surface area (Å²) in [5.41, 5.74) is 0. The Morgan fingerprint density at radius 1 is 0.767 bits per heavy atom. The van der Waals surface area contributed by atoms with Gasteiger partial charge in [-0.05, 0) is 43.9 Å². The van der Waals surface area contributed by atoms with Crippen LogP contribution in [0.1, 0.15) is 105 Å². The molecule has 0 aromatic heterocycles. The quantitative estimate of drug-likeness (QED) is 0.276. The fourth-order valence-electron chi connectivity index (χ4n) is 3.82. The van der Waals surface area contributed by atoms with Crippen LogP contribution in [0.15, 0.2) is 0 Å². The van der Waals surface area contributed by atoms with Crippen molar-refractivity contribution >= 4 is 12.3 Å². The maximum absolute atomic E-state index is 12.1. The van der Waals surface area contributed by atoms with E-state index in [1.807, 2.05) is 0 Å². The zero-order valence-corrected chi connectivity index (χ0v) is 19.7. The first-order chi connectivity index (χ1) is 14.5. The molecule has 6 nitrogen and oxygen atoms in total. The summed E-state index contributed by atoms with van der Waals surface area (Å²) in [4.78, 5) is 24.1. The molecule has 0 heterocycles. The van der Waals surface area contributed by atoms with Crippen LogP contribution in [0.5, 0.6) is 0 Å². The summed E-state index contributed by atoms with van der Waals surface area (Å²) in [7, 11) is 0. The summed E-state index contributed by atoms with van der Waals surface area (Å²) < 4.78 is 21.6. The van der Waals surface area contributed by atoms with Crippen molar-refractivity contribution in [3.05, 3.63) is 0 Å². The van der Waals surface area contributed by atoms with Gasteiger partial charge in [-0.25, -0.2) is 9.59 Å². The van der Waals surface area contributed by atoms with Crippen LogP contribution in [0.3, 0.4) is 0 Å². The van der Waals surface area contributed by atoms with Crippen molar-refractivity contribution in [1.29, 1.82) is 0 Å². The van der Waals surface area contributed by atoms with Crippen molar-refractivity contribution in [2.45, 2.75) is 117 Å². The van der Waals surface area contributed by atoms with E-state index in [1.165, 1.54) is 0 Å². The highest BCUT2D eigenvalue weighted by Crippen LogP contribution is 2.25. The van der Waals surface area contributed by atoms with Crippen LogP contribution in [0.2, 0.25) is 0 Å². The van der Waals surface area contributed by atoms with Gasteiger partial charge in [0.05, 0.1) is 13.2 Å². The van der Waals surface area contributed by atoms with Crippen LogP contribution >= 0.6 is 0 Å². The number of hydrogen-bond donors (Lipinski definition) is 0.